The molecular weight excluding hydrogens is 301 g/mol. The van der Waals surface area contributed by atoms with E-state index in [9.17, 15) is 9.18 Å². The predicted molar refractivity (Wildman–Crippen MR) is 91.6 cm³/mol. The summed E-state index contributed by atoms with van der Waals surface area (Å²) in [5.74, 6) is -0.370. The van der Waals surface area contributed by atoms with Crippen LogP contribution in [0.3, 0.4) is 0 Å². The zero-order valence-electron chi connectivity index (χ0n) is 13.3. The van der Waals surface area contributed by atoms with E-state index in [0.717, 1.165) is 11.1 Å². The van der Waals surface area contributed by atoms with Crippen molar-refractivity contribution < 1.29 is 9.18 Å². The van der Waals surface area contributed by atoms with Crippen LogP contribution in [0.25, 0.3) is 0 Å². The Labute approximate surface area is 136 Å². The predicted octanol–water partition coefficient (Wildman–Crippen LogP) is 5.69. The average Bonchev–Trinajstić information content (AvgIpc) is 2.46. The molecule has 0 unspecified atom stereocenters. The summed E-state index contributed by atoms with van der Waals surface area (Å²) in [6, 6.07) is 10.2. The van der Waals surface area contributed by atoms with Gasteiger partial charge in [0.05, 0.1) is 10.7 Å². The maximum absolute atomic E-state index is 13.8. The van der Waals surface area contributed by atoms with E-state index in [-0.39, 0.29) is 11.5 Å². The van der Waals surface area contributed by atoms with E-state index in [1.54, 1.807) is 12.1 Å². The number of anilines is 2. The first-order valence-electron chi connectivity index (χ1n) is 7.27. The standard InChI is InChI=1S/C16H15ClFNO.C2H6/c1-10-6-7-15(12(8-10)9-11(2)20)19-16-13(17)4-3-5-14(16)18;1-2/h3-8,19H,9H2,1-2H3;1-2H3. The topological polar surface area (TPSA) is 29.1 Å². The van der Waals surface area contributed by atoms with Crippen LogP contribution in [0.2, 0.25) is 5.02 Å². The number of para-hydroxylation sites is 1. The molecular formula is C18H21ClFNO. The van der Waals surface area contributed by atoms with Crippen LogP contribution in [0.15, 0.2) is 36.4 Å². The van der Waals surface area contributed by atoms with Gasteiger partial charge >= 0.3 is 0 Å². The molecule has 0 spiro atoms. The highest BCUT2D eigenvalue weighted by Gasteiger charge is 2.11. The molecule has 0 aliphatic carbocycles. The summed E-state index contributed by atoms with van der Waals surface area (Å²) >= 11 is 6.00. The summed E-state index contributed by atoms with van der Waals surface area (Å²) < 4.78 is 13.8. The lowest BCUT2D eigenvalue weighted by Gasteiger charge is -2.14. The van der Waals surface area contributed by atoms with Gasteiger partial charge in [-0.1, -0.05) is 49.2 Å². The molecule has 0 aliphatic heterocycles. The Bertz CT molecular complexity index is 635. The minimum Gasteiger partial charge on any atom is -0.352 e. The second-order valence-electron chi connectivity index (χ2n) is 4.76. The van der Waals surface area contributed by atoms with Crippen molar-refractivity contribution in [3.05, 3.63) is 58.4 Å². The highest BCUT2D eigenvalue weighted by molar-refractivity contribution is 6.33. The summed E-state index contributed by atoms with van der Waals surface area (Å²) in [6.07, 6.45) is 0.302. The fourth-order valence-electron chi connectivity index (χ4n) is 2.01. The lowest BCUT2D eigenvalue weighted by atomic mass is 10.0. The number of nitrogens with one attached hydrogen (secondary N) is 1. The third-order valence-electron chi connectivity index (χ3n) is 2.92. The van der Waals surface area contributed by atoms with Crippen LogP contribution in [0, 0.1) is 12.7 Å². The van der Waals surface area contributed by atoms with E-state index in [2.05, 4.69) is 5.32 Å². The molecule has 0 fully saturated rings. The van der Waals surface area contributed by atoms with Gasteiger partial charge in [0.15, 0.2) is 0 Å². The number of halogens is 2. The number of aryl methyl sites for hydroxylation is 1. The van der Waals surface area contributed by atoms with E-state index >= 15 is 0 Å². The smallest absolute Gasteiger partial charge is 0.148 e. The Morgan fingerprint density at radius 1 is 1.23 bits per heavy atom. The molecule has 1 N–H and O–H groups in total. The number of carbonyl (C=O) groups excluding carboxylic acids is 1. The van der Waals surface area contributed by atoms with E-state index in [1.165, 1.54) is 13.0 Å². The SMILES string of the molecule is CC.CC(=O)Cc1cc(C)ccc1Nc1c(F)cccc1Cl. The molecule has 0 heterocycles. The quantitative estimate of drug-likeness (QED) is 0.783. The largest absolute Gasteiger partial charge is 0.352 e. The third kappa shape index (κ3) is 4.85. The Kier molecular flexibility index (Phi) is 7.06. The van der Waals surface area contributed by atoms with Crippen molar-refractivity contribution in [1.82, 2.24) is 0 Å². The second kappa shape index (κ2) is 8.54. The van der Waals surface area contributed by atoms with Crippen molar-refractivity contribution in [3.63, 3.8) is 0 Å². The van der Waals surface area contributed by atoms with Crippen molar-refractivity contribution in [2.75, 3.05) is 5.32 Å². The van der Waals surface area contributed by atoms with Crippen molar-refractivity contribution in [2.24, 2.45) is 0 Å². The molecule has 0 saturated carbocycles. The van der Waals surface area contributed by atoms with Crippen molar-refractivity contribution in [1.29, 1.82) is 0 Å². The Morgan fingerprint density at radius 3 is 2.50 bits per heavy atom. The number of hydrogen-bond donors (Lipinski definition) is 1. The Morgan fingerprint density at radius 2 is 1.91 bits per heavy atom. The molecule has 0 bridgehead atoms. The molecule has 4 heteroatoms. The number of rotatable bonds is 4. The van der Waals surface area contributed by atoms with E-state index in [4.69, 9.17) is 11.6 Å². The van der Waals surface area contributed by atoms with Crippen molar-refractivity contribution in [3.8, 4) is 0 Å². The van der Waals surface area contributed by atoms with Gasteiger partial charge in [-0.3, -0.25) is 4.79 Å². The van der Waals surface area contributed by atoms with Crippen LogP contribution in [0.5, 0.6) is 0 Å². The minimum atomic E-state index is -0.424. The lowest BCUT2D eigenvalue weighted by Crippen LogP contribution is -2.03. The van der Waals surface area contributed by atoms with Gasteiger partial charge in [0.1, 0.15) is 11.6 Å². The molecule has 22 heavy (non-hydrogen) atoms. The van der Waals surface area contributed by atoms with Crippen LogP contribution in [-0.2, 0) is 11.2 Å². The Balaban J connectivity index is 0.00000116. The van der Waals surface area contributed by atoms with Crippen LogP contribution >= 0.6 is 11.6 Å². The summed E-state index contributed by atoms with van der Waals surface area (Å²) in [4.78, 5) is 11.3. The molecule has 2 aromatic rings. The molecule has 0 radical (unpaired) electrons. The fourth-order valence-corrected chi connectivity index (χ4v) is 2.22. The minimum absolute atomic E-state index is 0.0540. The highest BCUT2D eigenvalue weighted by Crippen LogP contribution is 2.30. The molecule has 0 aliphatic rings. The van der Waals surface area contributed by atoms with Gasteiger partial charge < -0.3 is 5.32 Å². The molecule has 0 aromatic heterocycles. The number of hydrogen-bond acceptors (Lipinski definition) is 2. The average molecular weight is 322 g/mol. The molecule has 0 atom stereocenters. The van der Waals surface area contributed by atoms with Gasteiger partial charge in [0, 0.05) is 12.1 Å². The molecule has 0 amide bonds. The van der Waals surface area contributed by atoms with E-state index in [1.807, 2.05) is 39.0 Å². The fraction of sp³-hybridized carbons (Fsp3) is 0.278. The molecule has 118 valence electrons. The third-order valence-corrected chi connectivity index (χ3v) is 3.24. The van der Waals surface area contributed by atoms with Crippen molar-refractivity contribution in [2.45, 2.75) is 34.1 Å². The maximum Gasteiger partial charge on any atom is 0.148 e. The monoisotopic (exact) mass is 321 g/mol. The van der Waals surface area contributed by atoms with Crippen LogP contribution in [0.4, 0.5) is 15.8 Å². The first-order valence-corrected chi connectivity index (χ1v) is 7.65. The summed E-state index contributed by atoms with van der Waals surface area (Å²) in [5.41, 5.74) is 2.80. The molecule has 2 aromatic carbocycles. The van der Waals surface area contributed by atoms with Crippen LogP contribution in [-0.4, -0.2) is 5.78 Å². The van der Waals surface area contributed by atoms with Gasteiger partial charge in [0.2, 0.25) is 0 Å². The van der Waals surface area contributed by atoms with Crippen LogP contribution < -0.4 is 5.32 Å². The van der Waals surface area contributed by atoms with Crippen LogP contribution in [0.1, 0.15) is 31.9 Å². The van der Waals surface area contributed by atoms with Gasteiger partial charge in [-0.2, -0.15) is 0 Å². The van der Waals surface area contributed by atoms with Crippen molar-refractivity contribution >= 4 is 28.8 Å². The van der Waals surface area contributed by atoms with E-state index in [0.29, 0.717) is 17.1 Å². The van der Waals surface area contributed by atoms with Gasteiger partial charge in [-0.25, -0.2) is 4.39 Å². The Hall–Kier alpha value is -1.87. The second-order valence-corrected chi connectivity index (χ2v) is 5.17. The van der Waals surface area contributed by atoms with E-state index < -0.39 is 5.82 Å². The number of Topliss-reactive ketones (excluding diaryl/α,β-unsaturated/α-hetero) is 1. The van der Waals surface area contributed by atoms with Gasteiger partial charge in [-0.05, 0) is 37.6 Å². The number of ketones is 1. The van der Waals surface area contributed by atoms with Gasteiger partial charge in [-0.15, -0.1) is 0 Å². The summed E-state index contributed by atoms with van der Waals surface area (Å²) in [5, 5.41) is 3.29. The zero-order chi connectivity index (χ0) is 16.7. The summed E-state index contributed by atoms with van der Waals surface area (Å²) in [6.45, 7) is 7.48. The number of benzene rings is 2. The van der Waals surface area contributed by atoms with Gasteiger partial charge in [0.25, 0.3) is 0 Å². The molecule has 0 saturated heterocycles. The lowest BCUT2D eigenvalue weighted by molar-refractivity contribution is -0.116. The highest BCUT2D eigenvalue weighted by atomic mass is 35.5. The number of carbonyl (C=O) groups is 1. The maximum atomic E-state index is 13.8. The first kappa shape index (κ1) is 18.2. The first-order chi connectivity index (χ1) is 10.5. The normalized spacial score (nSPS) is 9.73. The summed E-state index contributed by atoms with van der Waals surface area (Å²) in [7, 11) is 0. The zero-order valence-corrected chi connectivity index (χ0v) is 14.1. The molecule has 2 rings (SSSR count). The molecule has 2 nitrogen and oxygen atoms in total.